The molecule has 2 aromatic carbocycles. The van der Waals surface area contributed by atoms with Crippen molar-refractivity contribution in [3.05, 3.63) is 71.3 Å². The van der Waals surface area contributed by atoms with Crippen LogP contribution in [0.1, 0.15) is 30.5 Å². The van der Waals surface area contributed by atoms with Crippen molar-refractivity contribution >= 4 is 10.0 Å². The number of aryl methyl sites for hydroxylation is 1. The summed E-state index contributed by atoms with van der Waals surface area (Å²) in [5, 5.41) is 0. The number of nitrogens with one attached hydrogen (secondary N) is 1. The van der Waals surface area contributed by atoms with Gasteiger partial charge in [-0.1, -0.05) is 68.4 Å². The van der Waals surface area contributed by atoms with Crippen molar-refractivity contribution in [2.24, 2.45) is 5.73 Å². The topological polar surface area (TPSA) is 72.2 Å². The predicted octanol–water partition coefficient (Wildman–Crippen LogP) is 2.58. The minimum Gasteiger partial charge on any atom is -0.326 e. The normalized spacial score (nSPS) is 12.3. The molecule has 0 aromatic heterocycles. The number of rotatable bonds is 8. The fourth-order valence-electron chi connectivity index (χ4n) is 2.48. The molecule has 0 bridgehead atoms. The Kier molecular flexibility index (Phi) is 6.15. The zero-order valence-corrected chi connectivity index (χ0v) is 15.1. The Balaban J connectivity index is 1.96. The van der Waals surface area contributed by atoms with E-state index in [9.17, 15) is 8.42 Å². The number of hydrogen-bond donors (Lipinski definition) is 2. The Morgan fingerprint density at radius 2 is 1.67 bits per heavy atom. The van der Waals surface area contributed by atoms with Crippen molar-refractivity contribution in [1.29, 1.82) is 0 Å². The SMILES string of the molecule is CC(C)(CNS(=O)(=O)CCc1ccccc1)c1cccc(CN)c1. The first-order valence-corrected chi connectivity index (χ1v) is 9.78. The van der Waals surface area contributed by atoms with Crippen molar-refractivity contribution in [2.75, 3.05) is 12.3 Å². The molecule has 4 nitrogen and oxygen atoms in total. The fraction of sp³-hybridized carbons (Fsp3) is 0.368. The highest BCUT2D eigenvalue weighted by atomic mass is 32.2. The lowest BCUT2D eigenvalue weighted by atomic mass is 9.84. The highest BCUT2D eigenvalue weighted by Crippen LogP contribution is 2.23. The molecule has 0 saturated carbocycles. The van der Waals surface area contributed by atoms with Gasteiger partial charge in [-0.15, -0.1) is 0 Å². The van der Waals surface area contributed by atoms with Crippen LogP contribution < -0.4 is 10.5 Å². The average Bonchev–Trinajstić information content (AvgIpc) is 2.60. The van der Waals surface area contributed by atoms with E-state index in [4.69, 9.17) is 5.73 Å². The number of hydrogen-bond acceptors (Lipinski definition) is 3. The molecule has 0 atom stereocenters. The molecular weight excluding hydrogens is 320 g/mol. The van der Waals surface area contributed by atoms with Gasteiger partial charge in [-0.05, 0) is 23.1 Å². The van der Waals surface area contributed by atoms with Gasteiger partial charge in [-0.2, -0.15) is 0 Å². The smallest absolute Gasteiger partial charge is 0.211 e. The molecule has 2 aromatic rings. The van der Waals surface area contributed by atoms with Gasteiger partial charge in [0.1, 0.15) is 0 Å². The van der Waals surface area contributed by atoms with Gasteiger partial charge >= 0.3 is 0 Å². The van der Waals surface area contributed by atoms with Crippen molar-refractivity contribution in [1.82, 2.24) is 4.72 Å². The summed E-state index contributed by atoms with van der Waals surface area (Å²) in [6.07, 6.45) is 0.513. The largest absolute Gasteiger partial charge is 0.326 e. The predicted molar refractivity (Wildman–Crippen MR) is 99.3 cm³/mol. The summed E-state index contributed by atoms with van der Waals surface area (Å²) >= 11 is 0. The van der Waals surface area contributed by atoms with Gasteiger partial charge in [0.15, 0.2) is 0 Å². The van der Waals surface area contributed by atoms with E-state index in [1.54, 1.807) is 0 Å². The van der Waals surface area contributed by atoms with E-state index in [0.717, 1.165) is 16.7 Å². The van der Waals surface area contributed by atoms with Crippen LogP contribution in [0.5, 0.6) is 0 Å². The van der Waals surface area contributed by atoms with Crippen LogP contribution >= 0.6 is 0 Å². The Labute approximate surface area is 145 Å². The zero-order chi connectivity index (χ0) is 17.6. The first kappa shape index (κ1) is 18.6. The Morgan fingerprint density at radius 3 is 2.33 bits per heavy atom. The van der Waals surface area contributed by atoms with Crippen LogP contribution in [0.2, 0.25) is 0 Å². The third kappa shape index (κ3) is 5.44. The lowest BCUT2D eigenvalue weighted by molar-refractivity contribution is 0.501. The second-order valence-electron chi connectivity index (χ2n) is 6.66. The van der Waals surface area contributed by atoms with Gasteiger partial charge in [0.25, 0.3) is 0 Å². The third-order valence-electron chi connectivity index (χ3n) is 4.18. The summed E-state index contributed by atoms with van der Waals surface area (Å²) in [7, 11) is -3.31. The Morgan fingerprint density at radius 1 is 1.00 bits per heavy atom. The highest BCUT2D eigenvalue weighted by molar-refractivity contribution is 7.89. The Bertz CT molecular complexity index is 756. The molecule has 0 spiro atoms. The molecule has 0 aliphatic rings. The number of nitrogens with two attached hydrogens (primary N) is 1. The number of benzene rings is 2. The van der Waals surface area contributed by atoms with E-state index in [0.29, 0.717) is 19.5 Å². The second kappa shape index (κ2) is 7.92. The molecule has 130 valence electrons. The maximum Gasteiger partial charge on any atom is 0.211 e. The van der Waals surface area contributed by atoms with Crippen molar-refractivity contribution < 1.29 is 8.42 Å². The quantitative estimate of drug-likeness (QED) is 0.772. The van der Waals surface area contributed by atoms with Crippen LogP contribution in [0.15, 0.2) is 54.6 Å². The highest BCUT2D eigenvalue weighted by Gasteiger charge is 2.23. The molecule has 0 aliphatic heterocycles. The molecule has 24 heavy (non-hydrogen) atoms. The summed E-state index contributed by atoms with van der Waals surface area (Å²) in [5.74, 6) is 0.0932. The molecule has 3 N–H and O–H groups in total. The second-order valence-corrected chi connectivity index (χ2v) is 8.59. The van der Waals surface area contributed by atoms with E-state index in [1.165, 1.54) is 0 Å². The molecule has 0 fully saturated rings. The Hall–Kier alpha value is -1.69. The van der Waals surface area contributed by atoms with Gasteiger partial charge < -0.3 is 5.73 Å². The zero-order valence-electron chi connectivity index (χ0n) is 14.3. The molecule has 0 radical (unpaired) electrons. The lowest BCUT2D eigenvalue weighted by Crippen LogP contribution is -2.38. The molecule has 2 rings (SSSR count). The van der Waals surface area contributed by atoms with Gasteiger partial charge in [0, 0.05) is 18.5 Å². The average molecular weight is 346 g/mol. The fourth-order valence-corrected chi connectivity index (χ4v) is 3.71. The monoisotopic (exact) mass is 346 g/mol. The van der Waals surface area contributed by atoms with Gasteiger partial charge in [-0.25, -0.2) is 13.1 Å². The third-order valence-corrected chi connectivity index (χ3v) is 5.51. The summed E-state index contributed by atoms with van der Waals surface area (Å²) < 4.78 is 27.3. The van der Waals surface area contributed by atoms with Gasteiger partial charge in [-0.3, -0.25) is 0 Å². The summed E-state index contributed by atoms with van der Waals surface area (Å²) in [6, 6.07) is 17.6. The van der Waals surface area contributed by atoms with Crippen LogP contribution in [0, 0.1) is 0 Å². The minimum atomic E-state index is -3.31. The van der Waals surface area contributed by atoms with Gasteiger partial charge in [0.2, 0.25) is 10.0 Å². The molecule has 0 saturated heterocycles. The maximum absolute atomic E-state index is 12.3. The van der Waals surface area contributed by atoms with E-state index in [-0.39, 0.29) is 11.2 Å². The number of sulfonamides is 1. The molecule has 0 aliphatic carbocycles. The van der Waals surface area contributed by atoms with Crippen molar-refractivity contribution in [3.8, 4) is 0 Å². The lowest BCUT2D eigenvalue weighted by Gasteiger charge is -2.26. The molecule has 0 amide bonds. The van der Waals surface area contributed by atoms with Crippen molar-refractivity contribution in [2.45, 2.75) is 32.2 Å². The van der Waals surface area contributed by atoms with Crippen LogP contribution in [0.3, 0.4) is 0 Å². The molecular formula is C19H26N2O2S. The molecule has 0 unspecified atom stereocenters. The van der Waals surface area contributed by atoms with Crippen LogP contribution in [0.25, 0.3) is 0 Å². The molecule has 0 heterocycles. The first-order valence-electron chi connectivity index (χ1n) is 8.13. The van der Waals surface area contributed by atoms with Crippen LogP contribution in [-0.4, -0.2) is 20.7 Å². The summed E-state index contributed by atoms with van der Waals surface area (Å²) in [5.41, 5.74) is 8.54. The molecule has 5 heteroatoms. The van der Waals surface area contributed by atoms with E-state index in [2.05, 4.69) is 4.72 Å². The van der Waals surface area contributed by atoms with Gasteiger partial charge in [0.05, 0.1) is 5.75 Å². The van der Waals surface area contributed by atoms with Crippen LogP contribution in [0.4, 0.5) is 0 Å². The standard InChI is InChI=1S/C19H26N2O2S/c1-19(2,18-10-6-9-17(13-18)14-20)15-21-24(22,23)12-11-16-7-4-3-5-8-16/h3-10,13,21H,11-12,14-15,20H2,1-2H3. The summed E-state index contributed by atoms with van der Waals surface area (Å²) in [6.45, 7) is 4.90. The van der Waals surface area contributed by atoms with Crippen molar-refractivity contribution in [3.63, 3.8) is 0 Å². The first-order chi connectivity index (χ1) is 11.3. The minimum absolute atomic E-state index is 0.0932. The maximum atomic E-state index is 12.3. The van der Waals surface area contributed by atoms with E-state index < -0.39 is 10.0 Å². The van der Waals surface area contributed by atoms with E-state index >= 15 is 0 Å². The summed E-state index contributed by atoms with van der Waals surface area (Å²) in [4.78, 5) is 0. The van der Waals surface area contributed by atoms with Crippen LogP contribution in [-0.2, 0) is 28.4 Å². The van der Waals surface area contributed by atoms with E-state index in [1.807, 2.05) is 68.4 Å².